The minimum absolute atomic E-state index is 0.350. The van der Waals surface area contributed by atoms with E-state index in [0.29, 0.717) is 6.42 Å². The van der Waals surface area contributed by atoms with Gasteiger partial charge in [0.2, 0.25) is 5.82 Å². The van der Waals surface area contributed by atoms with Gasteiger partial charge >= 0.3 is 5.69 Å². The van der Waals surface area contributed by atoms with Crippen LogP contribution in [0.25, 0.3) is 0 Å². The fourth-order valence-corrected chi connectivity index (χ4v) is 2.39. The van der Waals surface area contributed by atoms with Crippen molar-refractivity contribution >= 4 is 23.4 Å². The van der Waals surface area contributed by atoms with Crippen LogP contribution in [-0.4, -0.2) is 21.1 Å². The van der Waals surface area contributed by atoms with E-state index in [2.05, 4.69) is 4.98 Å². The summed E-state index contributed by atoms with van der Waals surface area (Å²) in [7, 11) is 0. The first-order valence-electron chi connectivity index (χ1n) is 5.26. The van der Waals surface area contributed by atoms with E-state index in [-0.39, 0.29) is 6.04 Å². The molecule has 0 aliphatic rings. The Morgan fingerprint density at radius 2 is 2.18 bits per heavy atom. The van der Waals surface area contributed by atoms with Crippen LogP contribution in [0.5, 0.6) is 0 Å². The van der Waals surface area contributed by atoms with Crippen LogP contribution in [0.15, 0.2) is 9.59 Å². The fourth-order valence-electron chi connectivity index (χ4n) is 1.43. The normalized spacial score (nSPS) is 12.7. The van der Waals surface area contributed by atoms with Gasteiger partial charge in [0.1, 0.15) is 0 Å². The van der Waals surface area contributed by atoms with Gasteiger partial charge in [-0.1, -0.05) is 18.5 Å². The maximum atomic E-state index is 13.3. The van der Waals surface area contributed by atoms with Crippen molar-refractivity contribution in [1.82, 2.24) is 9.55 Å². The molecule has 1 atom stereocenters. The Bertz CT molecular complexity index is 500. The summed E-state index contributed by atoms with van der Waals surface area (Å²) in [5.74, 6) is 0.669. The van der Waals surface area contributed by atoms with Crippen LogP contribution in [-0.2, 0) is 0 Å². The standard InChI is InChI=1S/C10H14ClFN2O2S/c1-3-17-5-4-6(2)14-9(15)7(12)8(11)13-10(14)16/h6H,3-5H2,1-2H3,(H,13,16). The second-order valence-electron chi connectivity index (χ2n) is 3.57. The average molecular weight is 281 g/mol. The molecule has 1 heterocycles. The van der Waals surface area contributed by atoms with E-state index in [4.69, 9.17) is 11.6 Å². The van der Waals surface area contributed by atoms with Gasteiger partial charge in [0, 0.05) is 6.04 Å². The van der Waals surface area contributed by atoms with Gasteiger partial charge in [-0.25, -0.2) is 4.79 Å². The number of nitrogens with one attached hydrogen (secondary N) is 1. The molecule has 1 rings (SSSR count). The second-order valence-corrected chi connectivity index (χ2v) is 5.34. The van der Waals surface area contributed by atoms with Gasteiger partial charge in [-0.15, -0.1) is 0 Å². The van der Waals surface area contributed by atoms with Crippen molar-refractivity contribution in [2.45, 2.75) is 26.3 Å². The number of hydrogen-bond acceptors (Lipinski definition) is 3. The Hall–Kier alpha value is -0.750. The lowest BCUT2D eigenvalue weighted by atomic mass is 10.2. The second kappa shape index (κ2) is 6.26. The third-order valence-corrected chi connectivity index (χ3v) is 3.55. The summed E-state index contributed by atoms with van der Waals surface area (Å²) < 4.78 is 14.2. The molecule has 0 saturated heterocycles. The van der Waals surface area contributed by atoms with Crippen LogP contribution in [0.1, 0.15) is 26.3 Å². The van der Waals surface area contributed by atoms with Crippen molar-refractivity contribution in [3.8, 4) is 0 Å². The number of rotatable bonds is 5. The lowest BCUT2D eigenvalue weighted by Gasteiger charge is -2.13. The SMILES string of the molecule is CCSCCC(C)n1c(=O)[nH]c(Cl)c(F)c1=O. The summed E-state index contributed by atoms with van der Waals surface area (Å²) >= 11 is 7.08. The minimum Gasteiger partial charge on any atom is -0.295 e. The van der Waals surface area contributed by atoms with Crippen molar-refractivity contribution in [2.75, 3.05) is 11.5 Å². The van der Waals surface area contributed by atoms with Crippen molar-refractivity contribution < 1.29 is 4.39 Å². The zero-order valence-electron chi connectivity index (χ0n) is 9.63. The van der Waals surface area contributed by atoms with Gasteiger partial charge in [-0.05, 0) is 24.9 Å². The highest BCUT2D eigenvalue weighted by molar-refractivity contribution is 7.99. The highest BCUT2D eigenvalue weighted by atomic mass is 35.5. The molecule has 1 N–H and O–H groups in total. The number of nitrogens with zero attached hydrogens (tertiary/aromatic N) is 1. The molecule has 0 aliphatic heterocycles. The smallest absolute Gasteiger partial charge is 0.295 e. The number of thioether (sulfide) groups is 1. The molecule has 7 heteroatoms. The van der Waals surface area contributed by atoms with Crippen LogP contribution in [0.2, 0.25) is 5.15 Å². The van der Waals surface area contributed by atoms with Crippen molar-refractivity contribution in [3.63, 3.8) is 0 Å². The van der Waals surface area contributed by atoms with E-state index >= 15 is 0 Å². The molecule has 1 aromatic heterocycles. The number of H-pyrrole nitrogens is 1. The first kappa shape index (κ1) is 14.3. The van der Waals surface area contributed by atoms with Crippen LogP contribution >= 0.6 is 23.4 Å². The zero-order chi connectivity index (χ0) is 13.0. The van der Waals surface area contributed by atoms with Crippen LogP contribution in [0.4, 0.5) is 4.39 Å². The molecule has 0 aliphatic carbocycles. The summed E-state index contributed by atoms with van der Waals surface area (Å²) in [6.07, 6.45) is 0.628. The van der Waals surface area contributed by atoms with Crippen LogP contribution < -0.4 is 11.2 Å². The molecule has 4 nitrogen and oxygen atoms in total. The van der Waals surface area contributed by atoms with E-state index in [9.17, 15) is 14.0 Å². The minimum atomic E-state index is -1.11. The summed E-state index contributed by atoms with van der Waals surface area (Å²) in [5.41, 5.74) is -1.64. The molecular weight excluding hydrogens is 267 g/mol. The molecule has 0 amide bonds. The first-order valence-corrected chi connectivity index (χ1v) is 6.79. The van der Waals surface area contributed by atoms with Gasteiger partial charge in [0.15, 0.2) is 5.15 Å². The Morgan fingerprint density at radius 3 is 2.76 bits per heavy atom. The van der Waals surface area contributed by atoms with Crippen molar-refractivity contribution in [2.24, 2.45) is 0 Å². The molecular formula is C10H14ClFN2O2S. The molecule has 17 heavy (non-hydrogen) atoms. The highest BCUT2D eigenvalue weighted by Crippen LogP contribution is 2.12. The summed E-state index contributed by atoms with van der Waals surface area (Å²) in [6, 6.07) is -0.350. The lowest BCUT2D eigenvalue weighted by molar-refractivity contribution is 0.463. The average Bonchev–Trinajstić information content (AvgIpc) is 2.26. The summed E-state index contributed by atoms with van der Waals surface area (Å²) in [5, 5.41) is -0.536. The summed E-state index contributed by atoms with van der Waals surface area (Å²) in [4.78, 5) is 25.2. The van der Waals surface area contributed by atoms with E-state index in [1.807, 2.05) is 6.92 Å². The van der Waals surface area contributed by atoms with E-state index in [1.54, 1.807) is 18.7 Å². The largest absolute Gasteiger partial charge is 0.329 e. The Kier molecular flexibility index (Phi) is 5.27. The molecule has 0 saturated carbocycles. The van der Waals surface area contributed by atoms with Gasteiger partial charge < -0.3 is 0 Å². The maximum Gasteiger partial charge on any atom is 0.329 e. The zero-order valence-corrected chi connectivity index (χ0v) is 11.2. The fraction of sp³-hybridized carbons (Fsp3) is 0.600. The predicted molar refractivity (Wildman–Crippen MR) is 68.6 cm³/mol. The third-order valence-electron chi connectivity index (χ3n) is 2.36. The topological polar surface area (TPSA) is 54.9 Å². The van der Waals surface area contributed by atoms with Crippen molar-refractivity contribution in [3.05, 3.63) is 31.8 Å². The predicted octanol–water partition coefficient (Wildman–Crippen LogP) is 2.03. The Balaban J connectivity index is 3.02. The number of hydrogen-bond donors (Lipinski definition) is 1. The Labute approximate surface area is 107 Å². The molecule has 1 unspecified atom stereocenters. The lowest BCUT2D eigenvalue weighted by Crippen LogP contribution is -2.39. The number of aromatic amines is 1. The summed E-state index contributed by atoms with van der Waals surface area (Å²) in [6.45, 7) is 3.73. The quantitative estimate of drug-likeness (QED) is 0.663. The molecule has 0 aromatic carbocycles. The molecule has 0 radical (unpaired) electrons. The first-order chi connectivity index (χ1) is 7.99. The van der Waals surface area contributed by atoms with Gasteiger partial charge in [-0.3, -0.25) is 14.3 Å². The number of aromatic nitrogens is 2. The van der Waals surface area contributed by atoms with Crippen LogP contribution in [0.3, 0.4) is 0 Å². The third kappa shape index (κ3) is 3.35. The van der Waals surface area contributed by atoms with Gasteiger partial charge in [0.25, 0.3) is 5.56 Å². The van der Waals surface area contributed by atoms with Gasteiger partial charge in [0.05, 0.1) is 0 Å². The Morgan fingerprint density at radius 1 is 1.53 bits per heavy atom. The molecule has 0 spiro atoms. The molecule has 1 aromatic rings. The van der Waals surface area contributed by atoms with E-state index in [0.717, 1.165) is 16.1 Å². The highest BCUT2D eigenvalue weighted by Gasteiger charge is 2.16. The van der Waals surface area contributed by atoms with E-state index in [1.165, 1.54) is 0 Å². The van der Waals surface area contributed by atoms with E-state index < -0.39 is 22.2 Å². The molecule has 0 bridgehead atoms. The monoisotopic (exact) mass is 280 g/mol. The van der Waals surface area contributed by atoms with Crippen molar-refractivity contribution in [1.29, 1.82) is 0 Å². The maximum absolute atomic E-state index is 13.3. The van der Waals surface area contributed by atoms with Crippen LogP contribution in [0, 0.1) is 5.82 Å². The van der Waals surface area contributed by atoms with Gasteiger partial charge in [-0.2, -0.15) is 16.2 Å². The number of halogens is 2. The molecule has 0 fully saturated rings. The molecule has 96 valence electrons.